The first-order valence-corrected chi connectivity index (χ1v) is 17.8. The Balaban J connectivity index is 1.10. The number of nitrogens with one attached hydrogen (secondary N) is 2. The van der Waals surface area contributed by atoms with Crippen molar-refractivity contribution in [2.24, 2.45) is 0 Å². The molecule has 0 saturated carbocycles. The van der Waals surface area contributed by atoms with Crippen LogP contribution in [0.25, 0.3) is 0 Å². The number of urea groups is 2. The van der Waals surface area contributed by atoms with Crippen molar-refractivity contribution in [3.05, 3.63) is 52.6 Å². The fourth-order valence-corrected chi connectivity index (χ4v) is 7.93. The molecule has 2 N–H and O–H groups in total. The summed E-state index contributed by atoms with van der Waals surface area (Å²) in [5.74, 6) is 1.17. The molecule has 0 aliphatic carbocycles. The van der Waals surface area contributed by atoms with Gasteiger partial charge in [0.1, 0.15) is 17.5 Å². The molecule has 1 atom stereocenters. The number of piperazine rings is 1. The van der Waals surface area contributed by atoms with E-state index in [0.717, 1.165) is 72.8 Å². The number of ether oxygens (including phenoxy) is 3. The van der Waals surface area contributed by atoms with E-state index in [4.69, 9.17) is 14.2 Å². The highest BCUT2D eigenvalue weighted by Gasteiger charge is 2.35. The summed E-state index contributed by atoms with van der Waals surface area (Å²) in [4.78, 5) is 60.2. The molecule has 13 nitrogen and oxygen atoms in total. The molecule has 50 heavy (non-hydrogen) atoms. The van der Waals surface area contributed by atoms with Crippen molar-refractivity contribution in [1.29, 1.82) is 0 Å². The number of carbonyl (C=O) groups is 4. The predicted octanol–water partition coefficient (Wildman–Crippen LogP) is 3.35. The fourth-order valence-electron chi connectivity index (χ4n) is 7.93. The van der Waals surface area contributed by atoms with Crippen LogP contribution in [-0.2, 0) is 27.2 Å². The normalized spacial score (nSPS) is 20.0. The zero-order chi connectivity index (χ0) is 35.2. The summed E-state index contributed by atoms with van der Waals surface area (Å²) in [6.45, 7) is 10.0. The molecule has 4 aliphatic rings. The molecule has 0 bridgehead atoms. The number of carbonyl (C=O) groups excluding carboxylic acids is 4. The highest BCUT2D eigenvalue weighted by Crippen LogP contribution is 2.29. The van der Waals surface area contributed by atoms with Crippen molar-refractivity contribution in [1.82, 2.24) is 24.9 Å². The van der Waals surface area contributed by atoms with Crippen LogP contribution in [0.1, 0.15) is 47.9 Å². The number of amides is 5. The van der Waals surface area contributed by atoms with Gasteiger partial charge in [0.25, 0.3) is 6.47 Å². The minimum absolute atomic E-state index is 0.00208. The smallest absolute Gasteiger partial charge is 0.322 e. The molecule has 13 heteroatoms. The van der Waals surface area contributed by atoms with Gasteiger partial charge >= 0.3 is 12.1 Å². The minimum atomic E-state index is -0.765. The maximum atomic E-state index is 14.1. The van der Waals surface area contributed by atoms with Crippen molar-refractivity contribution < 1.29 is 33.4 Å². The van der Waals surface area contributed by atoms with Gasteiger partial charge in [0.2, 0.25) is 5.91 Å². The standard InChI is InChI=1S/C37H50N6O7/c1-25-20-27(21-26(2)34(25)50-24-44)22-33(35(45)41-16-14-40(15-17-41)29-9-18-49-19-10-29)39-36(46)42-11-7-30(8-12-42)43-13-6-28-23-31(48-3)4-5-32(28)38-37(43)47/h4-5,20-21,23-24,29-30,33H,6-19,22H2,1-3H3,(H,38,47)(H,39,46)/t33-/m1/s1. The van der Waals surface area contributed by atoms with Crippen molar-refractivity contribution in [2.75, 3.05) is 71.5 Å². The van der Waals surface area contributed by atoms with E-state index in [-0.39, 0.29) is 24.0 Å². The SMILES string of the molecule is COc1ccc2c(c1)CCN(C1CCN(C(=O)N[C@H](Cc3cc(C)c(OC=O)c(C)c3)C(=O)N3CCN(C4CCOCC4)CC3)CC1)C(=O)N2. The first-order chi connectivity index (χ1) is 24.2. The topological polar surface area (TPSA) is 133 Å². The molecule has 4 heterocycles. The molecule has 3 saturated heterocycles. The quantitative estimate of drug-likeness (QED) is 0.383. The number of piperidine rings is 1. The van der Waals surface area contributed by atoms with E-state index >= 15 is 0 Å². The summed E-state index contributed by atoms with van der Waals surface area (Å²) in [7, 11) is 1.63. The Morgan fingerprint density at radius 2 is 1.64 bits per heavy atom. The lowest BCUT2D eigenvalue weighted by Crippen LogP contribution is -2.59. The summed E-state index contributed by atoms with van der Waals surface area (Å²) in [5, 5.41) is 6.15. The van der Waals surface area contributed by atoms with Gasteiger partial charge in [-0.15, -0.1) is 0 Å². The van der Waals surface area contributed by atoms with Gasteiger partial charge in [-0.2, -0.15) is 0 Å². The first-order valence-electron chi connectivity index (χ1n) is 17.8. The van der Waals surface area contributed by atoms with Crippen LogP contribution >= 0.6 is 0 Å². The number of anilines is 1. The minimum Gasteiger partial charge on any atom is -0.497 e. The number of rotatable bonds is 9. The van der Waals surface area contributed by atoms with Crippen LogP contribution in [0.2, 0.25) is 0 Å². The largest absolute Gasteiger partial charge is 0.497 e. The van der Waals surface area contributed by atoms with Crippen LogP contribution in [-0.4, -0.2) is 128 Å². The molecular formula is C37H50N6O7. The second-order valence-corrected chi connectivity index (χ2v) is 13.8. The second-order valence-electron chi connectivity index (χ2n) is 13.8. The molecule has 5 amide bonds. The lowest BCUT2D eigenvalue weighted by molar-refractivity contribution is -0.135. The zero-order valence-corrected chi connectivity index (χ0v) is 29.4. The predicted molar refractivity (Wildman–Crippen MR) is 188 cm³/mol. The molecule has 270 valence electrons. The lowest BCUT2D eigenvalue weighted by Gasteiger charge is -2.42. The Morgan fingerprint density at radius 1 is 0.940 bits per heavy atom. The average Bonchev–Trinajstić information content (AvgIpc) is 3.30. The van der Waals surface area contributed by atoms with Gasteiger partial charge in [-0.3, -0.25) is 14.5 Å². The molecule has 0 spiro atoms. The fraction of sp³-hybridized carbons (Fsp3) is 0.568. The summed E-state index contributed by atoms with van der Waals surface area (Å²) in [6, 6.07) is 8.81. The number of benzene rings is 2. The van der Waals surface area contributed by atoms with Gasteiger partial charge in [-0.25, -0.2) is 9.59 Å². The number of methoxy groups -OCH3 is 1. The Kier molecular flexibility index (Phi) is 11.4. The number of hydrogen-bond donors (Lipinski definition) is 2. The maximum absolute atomic E-state index is 14.1. The van der Waals surface area contributed by atoms with E-state index in [1.165, 1.54) is 0 Å². The van der Waals surface area contributed by atoms with E-state index in [1.807, 2.05) is 54.0 Å². The van der Waals surface area contributed by atoms with E-state index in [2.05, 4.69) is 15.5 Å². The number of nitrogens with zero attached hydrogens (tertiary/aromatic N) is 4. The summed E-state index contributed by atoms with van der Waals surface area (Å²) in [6.07, 6.45) is 4.33. The van der Waals surface area contributed by atoms with Crippen LogP contribution in [0, 0.1) is 13.8 Å². The van der Waals surface area contributed by atoms with Gasteiger partial charge in [0.15, 0.2) is 0 Å². The first kappa shape index (κ1) is 35.5. The molecule has 0 unspecified atom stereocenters. The second kappa shape index (κ2) is 16.1. The van der Waals surface area contributed by atoms with E-state index < -0.39 is 6.04 Å². The van der Waals surface area contributed by atoms with Crippen molar-refractivity contribution >= 4 is 30.1 Å². The summed E-state index contributed by atoms with van der Waals surface area (Å²) in [5.41, 5.74) is 4.29. The van der Waals surface area contributed by atoms with Crippen molar-refractivity contribution in [3.8, 4) is 11.5 Å². The molecule has 6 rings (SSSR count). The highest BCUT2D eigenvalue weighted by molar-refractivity contribution is 5.91. The molecule has 2 aromatic carbocycles. The highest BCUT2D eigenvalue weighted by atomic mass is 16.5. The van der Waals surface area contributed by atoms with Gasteiger partial charge in [-0.1, -0.05) is 12.1 Å². The Morgan fingerprint density at radius 3 is 2.30 bits per heavy atom. The third-order valence-corrected chi connectivity index (χ3v) is 10.7. The van der Waals surface area contributed by atoms with E-state index in [1.54, 1.807) is 12.0 Å². The monoisotopic (exact) mass is 690 g/mol. The van der Waals surface area contributed by atoms with E-state index in [0.29, 0.717) is 76.7 Å². The molecule has 0 radical (unpaired) electrons. The number of fused-ring (bicyclic) bond motifs is 1. The maximum Gasteiger partial charge on any atom is 0.322 e. The molecular weight excluding hydrogens is 640 g/mol. The van der Waals surface area contributed by atoms with Crippen molar-refractivity contribution in [3.63, 3.8) is 0 Å². The molecule has 0 aromatic heterocycles. The Hall–Kier alpha value is -4.36. The van der Waals surface area contributed by atoms with Gasteiger partial charge in [-0.05, 0) is 86.4 Å². The summed E-state index contributed by atoms with van der Waals surface area (Å²) < 4.78 is 16.1. The van der Waals surface area contributed by atoms with Crippen LogP contribution in [0.4, 0.5) is 15.3 Å². The number of aryl methyl sites for hydroxylation is 2. The van der Waals surface area contributed by atoms with Crippen molar-refractivity contribution in [2.45, 2.75) is 70.5 Å². The van der Waals surface area contributed by atoms with Gasteiger partial charge < -0.3 is 39.5 Å². The van der Waals surface area contributed by atoms with Crippen LogP contribution in [0.5, 0.6) is 11.5 Å². The molecule has 2 aromatic rings. The van der Waals surface area contributed by atoms with Crippen LogP contribution < -0.4 is 20.1 Å². The summed E-state index contributed by atoms with van der Waals surface area (Å²) >= 11 is 0. The van der Waals surface area contributed by atoms with Gasteiger partial charge in [0.05, 0.1) is 7.11 Å². The Labute approximate surface area is 294 Å². The number of hydrogen-bond acceptors (Lipinski definition) is 8. The molecule has 3 fully saturated rings. The van der Waals surface area contributed by atoms with Gasteiger partial charge in [0, 0.05) is 83.2 Å². The zero-order valence-electron chi connectivity index (χ0n) is 29.4. The third-order valence-electron chi connectivity index (χ3n) is 10.7. The average molecular weight is 691 g/mol. The third kappa shape index (κ3) is 8.15. The van der Waals surface area contributed by atoms with Crippen LogP contribution in [0.15, 0.2) is 30.3 Å². The Bertz CT molecular complexity index is 1520. The van der Waals surface area contributed by atoms with Crippen LogP contribution in [0.3, 0.4) is 0 Å². The molecule has 4 aliphatic heterocycles. The number of likely N-dealkylation sites (tertiary alicyclic amines) is 1. The lowest BCUT2D eigenvalue weighted by atomic mass is 9.99. The van der Waals surface area contributed by atoms with E-state index in [9.17, 15) is 19.2 Å².